The smallest absolute Gasteiger partial charge is 0.351 e. The van der Waals surface area contributed by atoms with Crippen LogP contribution in [0.15, 0.2) is 88.1 Å². The van der Waals surface area contributed by atoms with Gasteiger partial charge in [-0.25, -0.2) is 9.59 Å². The Morgan fingerprint density at radius 3 is 2.52 bits per heavy atom. The Balaban J connectivity index is 1.55. The molecule has 4 rings (SSSR count). The molecule has 0 unspecified atom stereocenters. The second-order valence-electron chi connectivity index (χ2n) is 6.62. The Morgan fingerprint density at radius 1 is 1.00 bits per heavy atom. The van der Waals surface area contributed by atoms with E-state index in [1.807, 2.05) is 0 Å². The third-order valence-electron chi connectivity index (χ3n) is 4.52. The highest BCUT2D eigenvalue weighted by Gasteiger charge is 2.16. The summed E-state index contributed by atoms with van der Waals surface area (Å²) in [6.07, 6.45) is 1.70. The van der Waals surface area contributed by atoms with Gasteiger partial charge in [0, 0.05) is 10.4 Å². The van der Waals surface area contributed by atoms with E-state index in [1.165, 1.54) is 6.07 Å². The highest BCUT2D eigenvalue weighted by atomic mass is 35.5. The lowest BCUT2D eigenvalue weighted by Crippen LogP contribution is -2.18. The van der Waals surface area contributed by atoms with Gasteiger partial charge in [-0.1, -0.05) is 54.1 Å². The molecule has 0 radical (unpaired) electrons. The van der Waals surface area contributed by atoms with Crippen LogP contribution in [-0.2, 0) is 0 Å². The molecule has 31 heavy (non-hydrogen) atoms. The van der Waals surface area contributed by atoms with Crippen LogP contribution in [-0.4, -0.2) is 5.97 Å². The molecule has 0 aliphatic heterocycles. The maximum Gasteiger partial charge on any atom is 0.351 e. The topological polar surface area (TPSA) is 80.3 Å². The van der Waals surface area contributed by atoms with Crippen molar-refractivity contribution >= 4 is 40.2 Å². The number of hydrogen-bond donors (Lipinski definition) is 0. The van der Waals surface area contributed by atoms with Crippen molar-refractivity contribution in [1.82, 2.24) is 0 Å². The molecule has 1 aromatic heterocycles. The third-order valence-corrected chi connectivity index (χ3v) is 4.75. The van der Waals surface area contributed by atoms with Gasteiger partial charge in [0.1, 0.15) is 16.9 Å². The summed E-state index contributed by atoms with van der Waals surface area (Å²) in [5, 5.41) is 10.6. The molecule has 0 N–H and O–H groups in total. The van der Waals surface area contributed by atoms with E-state index in [0.29, 0.717) is 27.1 Å². The Hall–Kier alpha value is -4.14. The predicted octanol–water partition coefficient (Wildman–Crippen LogP) is 5.73. The van der Waals surface area contributed by atoms with Crippen LogP contribution < -0.4 is 10.4 Å². The Labute approximate surface area is 182 Å². The van der Waals surface area contributed by atoms with E-state index >= 15 is 0 Å². The highest BCUT2D eigenvalue weighted by Crippen LogP contribution is 2.22. The first-order valence-corrected chi connectivity index (χ1v) is 9.64. The summed E-state index contributed by atoms with van der Waals surface area (Å²) < 4.78 is 10.5. The second kappa shape index (κ2) is 8.70. The average Bonchev–Trinajstić information content (AvgIpc) is 2.78. The lowest BCUT2D eigenvalue weighted by molar-refractivity contribution is 0.0730. The van der Waals surface area contributed by atoms with E-state index in [1.54, 1.807) is 78.9 Å². The number of nitrogens with zero attached hydrogens (tertiary/aromatic N) is 1. The van der Waals surface area contributed by atoms with Gasteiger partial charge in [-0.3, -0.25) is 0 Å². The molecule has 6 heteroatoms. The molecule has 0 aliphatic rings. The van der Waals surface area contributed by atoms with Crippen molar-refractivity contribution in [3.05, 3.63) is 111 Å². The number of rotatable bonds is 4. The number of halogens is 1. The van der Waals surface area contributed by atoms with Gasteiger partial charge in [-0.05, 0) is 53.6 Å². The van der Waals surface area contributed by atoms with Crippen molar-refractivity contribution in [2.45, 2.75) is 0 Å². The van der Waals surface area contributed by atoms with E-state index < -0.39 is 11.6 Å². The van der Waals surface area contributed by atoms with Crippen LogP contribution in [0.25, 0.3) is 22.6 Å². The van der Waals surface area contributed by atoms with Gasteiger partial charge < -0.3 is 9.15 Å². The standard InChI is InChI=1S/C25H14ClNO4/c26-20-6-3-5-17(13-20)19(15-27)12-16-8-10-21(11-9-16)30-24(28)22-14-18-4-1-2-7-23(18)31-25(22)29/h1-14H/b19-12-. The first-order valence-electron chi connectivity index (χ1n) is 9.26. The molecule has 5 nitrogen and oxygen atoms in total. The summed E-state index contributed by atoms with van der Waals surface area (Å²) in [6.45, 7) is 0. The highest BCUT2D eigenvalue weighted by molar-refractivity contribution is 6.30. The normalized spacial score (nSPS) is 11.2. The molecule has 4 aromatic rings. The average molecular weight is 428 g/mol. The molecule has 0 saturated heterocycles. The van der Waals surface area contributed by atoms with Crippen LogP contribution in [0.3, 0.4) is 0 Å². The van der Waals surface area contributed by atoms with Crippen LogP contribution in [0, 0.1) is 11.3 Å². The van der Waals surface area contributed by atoms with Crippen LogP contribution in [0.1, 0.15) is 21.5 Å². The van der Waals surface area contributed by atoms with Crippen LogP contribution >= 0.6 is 11.6 Å². The molecule has 0 saturated carbocycles. The van der Waals surface area contributed by atoms with Crippen molar-refractivity contribution in [2.75, 3.05) is 0 Å². The van der Waals surface area contributed by atoms with Crippen LogP contribution in [0.5, 0.6) is 5.75 Å². The van der Waals surface area contributed by atoms with Gasteiger partial charge in [-0.2, -0.15) is 5.26 Å². The fourth-order valence-corrected chi connectivity index (χ4v) is 3.19. The fourth-order valence-electron chi connectivity index (χ4n) is 3.00. The minimum absolute atomic E-state index is 0.185. The van der Waals surface area contributed by atoms with Crippen molar-refractivity contribution < 1.29 is 13.9 Å². The number of para-hydroxylation sites is 1. The molecule has 0 fully saturated rings. The lowest BCUT2D eigenvalue weighted by atomic mass is 10.0. The van der Waals surface area contributed by atoms with Gasteiger partial charge in [0.05, 0.1) is 11.6 Å². The Bertz CT molecular complexity index is 1410. The van der Waals surface area contributed by atoms with E-state index in [9.17, 15) is 14.9 Å². The molecule has 0 atom stereocenters. The van der Waals surface area contributed by atoms with E-state index in [0.717, 1.165) is 5.56 Å². The fraction of sp³-hybridized carbons (Fsp3) is 0. The van der Waals surface area contributed by atoms with Crippen molar-refractivity contribution in [3.8, 4) is 11.8 Å². The zero-order chi connectivity index (χ0) is 21.8. The van der Waals surface area contributed by atoms with E-state index in [4.69, 9.17) is 20.8 Å². The van der Waals surface area contributed by atoms with E-state index in [-0.39, 0.29) is 11.3 Å². The monoisotopic (exact) mass is 427 g/mol. The minimum Gasteiger partial charge on any atom is -0.423 e. The van der Waals surface area contributed by atoms with Gasteiger partial charge in [0.15, 0.2) is 0 Å². The van der Waals surface area contributed by atoms with E-state index in [2.05, 4.69) is 6.07 Å². The number of carbonyl (C=O) groups excluding carboxylic acids is 1. The number of allylic oxidation sites excluding steroid dienone is 1. The predicted molar refractivity (Wildman–Crippen MR) is 119 cm³/mol. The second-order valence-corrected chi connectivity index (χ2v) is 7.06. The SMILES string of the molecule is N#C/C(=C/c1ccc(OC(=O)c2cc3ccccc3oc2=O)cc1)c1cccc(Cl)c1. The molecular weight excluding hydrogens is 414 g/mol. The first kappa shape index (κ1) is 20.1. The maximum absolute atomic E-state index is 12.5. The maximum atomic E-state index is 12.5. The number of fused-ring (bicyclic) bond motifs is 1. The number of ether oxygens (including phenoxy) is 1. The molecule has 1 heterocycles. The molecule has 3 aromatic carbocycles. The first-order chi connectivity index (χ1) is 15.0. The number of hydrogen-bond acceptors (Lipinski definition) is 5. The van der Waals surface area contributed by atoms with Crippen LogP contribution in [0.4, 0.5) is 0 Å². The Morgan fingerprint density at radius 2 is 1.77 bits per heavy atom. The molecule has 0 amide bonds. The zero-order valence-corrected chi connectivity index (χ0v) is 16.8. The molecule has 0 aliphatic carbocycles. The van der Waals surface area contributed by atoms with Gasteiger partial charge in [0.2, 0.25) is 0 Å². The molecule has 0 spiro atoms. The van der Waals surface area contributed by atoms with Crippen molar-refractivity contribution in [3.63, 3.8) is 0 Å². The van der Waals surface area contributed by atoms with Crippen molar-refractivity contribution in [1.29, 1.82) is 5.26 Å². The van der Waals surface area contributed by atoms with Crippen molar-refractivity contribution in [2.24, 2.45) is 0 Å². The largest absolute Gasteiger partial charge is 0.423 e. The summed E-state index contributed by atoms with van der Waals surface area (Å²) in [5.41, 5.74) is 1.34. The van der Waals surface area contributed by atoms with Gasteiger partial charge >= 0.3 is 11.6 Å². The number of nitriles is 1. The lowest BCUT2D eigenvalue weighted by Gasteiger charge is -2.05. The summed E-state index contributed by atoms with van der Waals surface area (Å²) in [6, 6.07) is 24.1. The molecular formula is C25H14ClNO4. The Kier molecular flexibility index (Phi) is 5.65. The number of benzene rings is 3. The summed E-state index contributed by atoms with van der Waals surface area (Å²) in [5.74, 6) is -0.546. The number of esters is 1. The molecule has 0 bridgehead atoms. The molecule has 150 valence electrons. The quantitative estimate of drug-likeness (QED) is 0.136. The third kappa shape index (κ3) is 4.55. The summed E-state index contributed by atoms with van der Waals surface area (Å²) in [7, 11) is 0. The van der Waals surface area contributed by atoms with Gasteiger partial charge in [0.25, 0.3) is 0 Å². The number of carbonyl (C=O) groups is 1. The summed E-state index contributed by atoms with van der Waals surface area (Å²) >= 11 is 6.00. The zero-order valence-electron chi connectivity index (χ0n) is 16.0. The van der Waals surface area contributed by atoms with Gasteiger partial charge in [-0.15, -0.1) is 0 Å². The summed E-state index contributed by atoms with van der Waals surface area (Å²) in [4.78, 5) is 24.6. The minimum atomic E-state index is -0.806. The van der Waals surface area contributed by atoms with Crippen LogP contribution in [0.2, 0.25) is 5.02 Å².